The summed E-state index contributed by atoms with van der Waals surface area (Å²) in [5.41, 5.74) is 0.994. The van der Waals surface area contributed by atoms with Crippen LogP contribution < -0.4 is 15.8 Å². The third-order valence-electron chi connectivity index (χ3n) is 7.84. The number of piperazine rings is 1. The molecule has 0 radical (unpaired) electrons. The molecule has 1 aromatic carbocycles. The highest BCUT2D eigenvalue weighted by molar-refractivity contribution is 5.96. The maximum atomic E-state index is 15.0. The van der Waals surface area contributed by atoms with Gasteiger partial charge in [0.25, 0.3) is 11.5 Å². The van der Waals surface area contributed by atoms with E-state index in [1.165, 1.54) is 11.0 Å². The second kappa shape index (κ2) is 9.74. The predicted molar refractivity (Wildman–Crippen MR) is 143 cm³/mol. The zero-order chi connectivity index (χ0) is 26.3. The lowest BCUT2D eigenvalue weighted by Gasteiger charge is -2.43. The van der Waals surface area contributed by atoms with Crippen LogP contribution in [0.1, 0.15) is 43.0 Å². The Balaban J connectivity index is 1.51. The van der Waals surface area contributed by atoms with Crippen molar-refractivity contribution < 1.29 is 9.18 Å². The number of halogens is 1. The summed E-state index contributed by atoms with van der Waals surface area (Å²) in [6, 6.07) is 6.62. The molecule has 3 aromatic rings. The van der Waals surface area contributed by atoms with Crippen molar-refractivity contribution in [1.82, 2.24) is 24.3 Å². The number of fused-ring (bicyclic) bond motifs is 1. The molecule has 0 unspecified atom stereocenters. The third kappa shape index (κ3) is 4.54. The molecule has 1 aliphatic carbocycles. The Bertz CT molecular complexity index is 1390. The predicted octanol–water partition coefficient (Wildman–Crippen LogP) is 3.42. The van der Waals surface area contributed by atoms with E-state index in [1.807, 2.05) is 6.07 Å². The number of benzene rings is 1. The van der Waals surface area contributed by atoms with Crippen LogP contribution in [0.3, 0.4) is 0 Å². The first-order chi connectivity index (χ1) is 17.7. The van der Waals surface area contributed by atoms with E-state index in [1.54, 1.807) is 37.0 Å². The van der Waals surface area contributed by atoms with E-state index in [4.69, 9.17) is 4.98 Å². The fourth-order valence-electron chi connectivity index (χ4n) is 5.33. The molecule has 2 aromatic heterocycles. The van der Waals surface area contributed by atoms with Gasteiger partial charge in [-0.3, -0.25) is 14.2 Å². The summed E-state index contributed by atoms with van der Waals surface area (Å²) in [6.07, 6.45) is 5.09. The van der Waals surface area contributed by atoms with Crippen LogP contribution in [0.5, 0.6) is 0 Å². The lowest BCUT2D eigenvalue weighted by molar-refractivity contribution is 0.0821. The van der Waals surface area contributed by atoms with Gasteiger partial charge in [0.15, 0.2) is 0 Å². The molecular weight excluding hydrogens is 473 g/mol. The van der Waals surface area contributed by atoms with Gasteiger partial charge in [-0.1, -0.05) is 6.92 Å². The Kier molecular flexibility index (Phi) is 6.61. The number of carbonyl (C=O) groups is 1. The van der Waals surface area contributed by atoms with Crippen LogP contribution >= 0.6 is 0 Å². The molecule has 196 valence electrons. The van der Waals surface area contributed by atoms with Crippen molar-refractivity contribution in [2.24, 2.45) is 0 Å². The number of likely N-dealkylation sites (N-methyl/N-ethyl adjacent to an activating group) is 1. The van der Waals surface area contributed by atoms with Gasteiger partial charge in [-0.25, -0.2) is 9.37 Å². The average molecular weight is 508 g/mol. The van der Waals surface area contributed by atoms with Gasteiger partial charge in [0.05, 0.1) is 5.69 Å². The number of aromatic nitrogens is 3. The molecule has 1 aliphatic heterocycles. The van der Waals surface area contributed by atoms with Gasteiger partial charge >= 0.3 is 0 Å². The molecule has 2 aliphatic rings. The molecule has 10 heteroatoms. The summed E-state index contributed by atoms with van der Waals surface area (Å²) in [4.78, 5) is 41.2. The van der Waals surface area contributed by atoms with E-state index in [9.17, 15) is 9.59 Å². The molecule has 0 spiro atoms. The number of hydrogen-bond acceptors (Lipinski definition) is 7. The number of carbonyl (C=O) groups excluding carboxylic acids is 1. The second-order valence-electron chi connectivity index (χ2n) is 10.4. The van der Waals surface area contributed by atoms with Crippen LogP contribution in [-0.4, -0.2) is 77.6 Å². The fourth-order valence-corrected chi connectivity index (χ4v) is 5.33. The molecule has 37 heavy (non-hydrogen) atoms. The van der Waals surface area contributed by atoms with Gasteiger partial charge in [-0.2, -0.15) is 4.98 Å². The van der Waals surface area contributed by atoms with Crippen molar-refractivity contribution in [3.8, 4) is 0 Å². The minimum Gasteiger partial charge on any atom is -0.367 e. The first kappa shape index (κ1) is 25.1. The molecule has 1 N–H and O–H groups in total. The number of nitrogens with zero attached hydrogens (tertiary/aromatic N) is 6. The highest BCUT2D eigenvalue weighted by atomic mass is 19.1. The molecule has 9 nitrogen and oxygen atoms in total. The molecular formula is C27H34FN7O2. The monoisotopic (exact) mass is 507 g/mol. The molecule has 0 bridgehead atoms. The van der Waals surface area contributed by atoms with Gasteiger partial charge in [0.1, 0.15) is 17.0 Å². The smallest absolute Gasteiger partial charge is 0.265 e. The molecule has 3 heterocycles. The summed E-state index contributed by atoms with van der Waals surface area (Å²) in [7, 11) is 5.33. The lowest BCUT2D eigenvalue weighted by Crippen LogP contribution is -2.48. The summed E-state index contributed by atoms with van der Waals surface area (Å²) in [5.74, 6) is -0.382. The zero-order valence-electron chi connectivity index (χ0n) is 21.9. The number of anilines is 3. The van der Waals surface area contributed by atoms with Crippen LogP contribution in [-0.2, 0) is 5.54 Å². The number of nitrogens with one attached hydrogen (secondary N) is 1. The Hall–Kier alpha value is -3.53. The minimum atomic E-state index is -0.375. The van der Waals surface area contributed by atoms with Gasteiger partial charge in [0.2, 0.25) is 5.95 Å². The first-order valence-corrected chi connectivity index (χ1v) is 12.9. The number of hydrogen-bond donors (Lipinski definition) is 1. The second-order valence-corrected chi connectivity index (χ2v) is 10.4. The van der Waals surface area contributed by atoms with E-state index >= 15 is 4.39 Å². The topological polar surface area (TPSA) is 86.6 Å². The summed E-state index contributed by atoms with van der Waals surface area (Å²) >= 11 is 0. The maximum absolute atomic E-state index is 15.0. The van der Waals surface area contributed by atoms with Gasteiger partial charge in [0, 0.05) is 63.1 Å². The van der Waals surface area contributed by atoms with Crippen LogP contribution in [0.25, 0.3) is 11.0 Å². The molecule has 1 saturated carbocycles. The van der Waals surface area contributed by atoms with E-state index < -0.39 is 0 Å². The Morgan fingerprint density at radius 1 is 1.16 bits per heavy atom. The minimum absolute atomic E-state index is 0.114. The molecule has 5 rings (SSSR count). The summed E-state index contributed by atoms with van der Waals surface area (Å²) in [6.45, 7) is 5.41. The van der Waals surface area contributed by atoms with Crippen LogP contribution in [0, 0.1) is 5.82 Å². The number of rotatable bonds is 6. The van der Waals surface area contributed by atoms with E-state index in [0.29, 0.717) is 22.4 Å². The van der Waals surface area contributed by atoms with Crippen molar-refractivity contribution in [3.05, 3.63) is 52.2 Å². The third-order valence-corrected chi connectivity index (χ3v) is 7.84. The standard InChI is InChI=1S/C27H34FN7O2/c1-5-27(9-6-10-27)35-23-18(15-20(25(35)37)24(36)32(2)3)17-29-26(31-23)30-19-7-8-22(21(28)16-19)34-13-11-33(4)12-14-34/h7-8,15-17H,5-6,9-14H2,1-4H3,(H,29,30,31). The Morgan fingerprint density at radius 3 is 2.49 bits per heavy atom. The van der Waals surface area contributed by atoms with Gasteiger partial charge < -0.3 is 20.0 Å². The van der Waals surface area contributed by atoms with Crippen LogP contribution in [0.2, 0.25) is 0 Å². The SMILES string of the molecule is CCC1(n2c(=O)c(C(=O)N(C)C)cc3cnc(Nc4ccc(N5CCN(C)CC5)c(F)c4)nc32)CCC1. The van der Waals surface area contributed by atoms with Crippen LogP contribution in [0.15, 0.2) is 35.3 Å². The molecule has 1 saturated heterocycles. The van der Waals surface area contributed by atoms with Crippen molar-refractivity contribution in [2.45, 2.75) is 38.1 Å². The van der Waals surface area contributed by atoms with Gasteiger partial charge in [-0.05, 0) is 57.0 Å². The van der Waals surface area contributed by atoms with Gasteiger partial charge in [-0.15, -0.1) is 0 Å². The first-order valence-electron chi connectivity index (χ1n) is 12.9. The summed E-state index contributed by atoms with van der Waals surface area (Å²) in [5, 5.41) is 3.72. The van der Waals surface area contributed by atoms with Crippen molar-refractivity contribution in [3.63, 3.8) is 0 Å². The summed E-state index contributed by atoms with van der Waals surface area (Å²) < 4.78 is 16.7. The van der Waals surface area contributed by atoms with E-state index in [0.717, 1.165) is 51.9 Å². The molecule has 1 amide bonds. The van der Waals surface area contributed by atoms with Crippen molar-refractivity contribution in [1.29, 1.82) is 0 Å². The molecule has 2 fully saturated rings. The quantitative estimate of drug-likeness (QED) is 0.547. The largest absolute Gasteiger partial charge is 0.367 e. The van der Waals surface area contributed by atoms with E-state index in [-0.39, 0.29) is 34.3 Å². The molecule has 0 atom stereocenters. The number of pyridine rings is 1. The van der Waals surface area contributed by atoms with E-state index in [2.05, 4.69) is 34.1 Å². The Labute approximate surface area is 215 Å². The zero-order valence-corrected chi connectivity index (χ0v) is 21.9. The fraction of sp³-hybridized carbons (Fsp3) is 0.481. The number of amides is 1. The average Bonchev–Trinajstić information content (AvgIpc) is 2.85. The highest BCUT2D eigenvalue weighted by Crippen LogP contribution is 2.42. The normalized spacial score (nSPS) is 17.5. The van der Waals surface area contributed by atoms with Crippen molar-refractivity contribution >= 4 is 34.3 Å². The maximum Gasteiger partial charge on any atom is 0.265 e. The lowest BCUT2D eigenvalue weighted by atomic mass is 9.74. The Morgan fingerprint density at radius 2 is 1.89 bits per heavy atom. The highest BCUT2D eigenvalue weighted by Gasteiger charge is 2.40. The van der Waals surface area contributed by atoms with Crippen LogP contribution in [0.4, 0.5) is 21.7 Å². The van der Waals surface area contributed by atoms with Crippen molar-refractivity contribution in [2.75, 3.05) is 57.5 Å².